The SMILES string of the molecule is O=C(O)[C@H]1CCC[C@H]1C(=O)NCCCc1ncc[nH]1. The van der Waals surface area contributed by atoms with Crippen molar-refractivity contribution >= 4 is 11.9 Å². The monoisotopic (exact) mass is 265 g/mol. The molecule has 1 aliphatic carbocycles. The molecule has 0 spiro atoms. The Morgan fingerprint density at radius 3 is 2.89 bits per heavy atom. The summed E-state index contributed by atoms with van der Waals surface area (Å²) in [5.74, 6) is -0.942. The Morgan fingerprint density at radius 1 is 1.42 bits per heavy atom. The van der Waals surface area contributed by atoms with Crippen LogP contribution in [-0.4, -0.2) is 33.5 Å². The molecule has 19 heavy (non-hydrogen) atoms. The number of carboxylic acids is 1. The van der Waals surface area contributed by atoms with Gasteiger partial charge in [-0.25, -0.2) is 4.98 Å². The van der Waals surface area contributed by atoms with Crippen molar-refractivity contribution in [3.05, 3.63) is 18.2 Å². The van der Waals surface area contributed by atoms with Crippen molar-refractivity contribution in [2.45, 2.75) is 32.1 Å². The summed E-state index contributed by atoms with van der Waals surface area (Å²) in [6.07, 6.45) is 7.15. The van der Waals surface area contributed by atoms with Gasteiger partial charge in [0.1, 0.15) is 5.82 Å². The van der Waals surface area contributed by atoms with Gasteiger partial charge in [0, 0.05) is 25.4 Å². The van der Waals surface area contributed by atoms with Crippen LogP contribution in [0, 0.1) is 11.8 Å². The van der Waals surface area contributed by atoms with E-state index in [0.717, 1.165) is 25.1 Å². The summed E-state index contributed by atoms with van der Waals surface area (Å²) in [7, 11) is 0. The summed E-state index contributed by atoms with van der Waals surface area (Å²) < 4.78 is 0. The van der Waals surface area contributed by atoms with Crippen molar-refractivity contribution < 1.29 is 14.7 Å². The maximum atomic E-state index is 11.9. The van der Waals surface area contributed by atoms with E-state index >= 15 is 0 Å². The predicted molar refractivity (Wildman–Crippen MR) is 68.4 cm³/mol. The smallest absolute Gasteiger partial charge is 0.307 e. The number of aromatic amines is 1. The van der Waals surface area contributed by atoms with E-state index in [-0.39, 0.29) is 11.8 Å². The minimum atomic E-state index is -0.853. The van der Waals surface area contributed by atoms with Gasteiger partial charge in [0.05, 0.1) is 11.8 Å². The number of aromatic nitrogens is 2. The number of amides is 1. The van der Waals surface area contributed by atoms with Crippen molar-refractivity contribution in [3.8, 4) is 0 Å². The number of nitrogens with one attached hydrogen (secondary N) is 2. The first-order valence-corrected chi connectivity index (χ1v) is 6.67. The van der Waals surface area contributed by atoms with E-state index in [4.69, 9.17) is 5.11 Å². The molecule has 0 saturated heterocycles. The number of hydrogen-bond acceptors (Lipinski definition) is 3. The molecule has 1 aliphatic rings. The van der Waals surface area contributed by atoms with E-state index in [0.29, 0.717) is 19.4 Å². The zero-order valence-electron chi connectivity index (χ0n) is 10.8. The fourth-order valence-electron chi connectivity index (χ4n) is 2.60. The largest absolute Gasteiger partial charge is 0.481 e. The Kier molecular flexibility index (Phi) is 4.54. The van der Waals surface area contributed by atoms with E-state index in [1.807, 2.05) is 0 Å². The molecule has 1 amide bonds. The second-order valence-electron chi connectivity index (χ2n) is 4.91. The van der Waals surface area contributed by atoms with E-state index in [1.165, 1.54) is 0 Å². The Morgan fingerprint density at radius 2 is 2.21 bits per heavy atom. The molecule has 0 unspecified atom stereocenters. The first kappa shape index (κ1) is 13.6. The molecule has 6 heteroatoms. The molecule has 104 valence electrons. The number of hydrogen-bond donors (Lipinski definition) is 3. The molecule has 0 aliphatic heterocycles. The van der Waals surface area contributed by atoms with Crippen LogP contribution < -0.4 is 5.32 Å². The lowest BCUT2D eigenvalue weighted by atomic mass is 9.95. The number of imidazole rings is 1. The van der Waals surface area contributed by atoms with Gasteiger partial charge in [-0.2, -0.15) is 0 Å². The number of H-pyrrole nitrogens is 1. The highest BCUT2D eigenvalue weighted by Crippen LogP contribution is 2.31. The number of carboxylic acid groups (broad SMARTS) is 1. The van der Waals surface area contributed by atoms with E-state index in [1.54, 1.807) is 12.4 Å². The molecule has 1 aromatic rings. The van der Waals surface area contributed by atoms with Crippen LogP contribution in [0.2, 0.25) is 0 Å². The zero-order valence-corrected chi connectivity index (χ0v) is 10.8. The van der Waals surface area contributed by atoms with Crippen molar-refractivity contribution in [1.29, 1.82) is 0 Å². The minimum Gasteiger partial charge on any atom is -0.481 e. The summed E-state index contributed by atoms with van der Waals surface area (Å²) in [6.45, 7) is 0.558. The van der Waals surface area contributed by atoms with Crippen LogP contribution in [0.25, 0.3) is 0 Å². The molecule has 0 bridgehead atoms. The normalized spacial score (nSPS) is 22.3. The van der Waals surface area contributed by atoms with Crippen LogP contribution in [0.4, 0.5) is 0 Å². The van der Waals surface area contributed by atoms with Crippen LogP contribution in [0.5, 0.6) is 0 Å². The molecule has 1 aromatic heterocycles. The van der Waals surface area contributed by atoms with Crippen molar-refractivity contribution in [1.82, 2.24) is 15.3 Å². The lowest BCUT2D eigenvalue weighted by molar-refractivity contribution is -0.146. The van der Waals surface area contributed by atoms with Crippen molar-refractivity contribution in [2.75, 3.05) is 6.54 Å². The Balaban J connectivity index is 1.70. The number of aryl methyl sites for hydroxylation is 1. The first-order valence-electron chi connectivity index (χ1n) is 6.67. The van der Waals surface area contributed by atoms with Crippen molar-refractivity contribution in [2.24, 2.45) is 11.8 Å². The molecule has 1 heterocycles. The number of rotatable bonds is 6. The molecular weight excluding hydrogens is 246 g/mol. The van der Waals surface area contributed by atoms with Gasteiger partial charge in [0.2, 0.25) is 5.91 Å². The second kappa shape index (κ2) is 6.36. The summed E-state index contributed by atoms with van der Waals surface area (Å²) in [6, 6.07) is 0. The molecule has 3 N–H and O–H groups in total. The summed E-state index contributed by atoms with van der Waals surface area (Å²) in [5.41, 5.74) is 0. The van der Waals surface area contributed by atoms with Crippen LogP contribution in [0.15, 0.2) is 12.4 Å². The summed E-state index contributed by atoms with van der Waals surface area (Å²) in [5, 5.41) is 11.9. The maximum absolute atomic E-state index is 11.9. The van der Waals surface area contributed by atoms with Crippen LogP contribution in [0.3, 0.4) is 0 Å². The quantitative estimate of drug-likeness (QED) is 0.668. The molecule has 2 rings (SSSR count). The van der Waals surface area contributed by atoms with E-state index in [2.05, 4.69) is 15.3 Å². The summed E-state index contributed by atoms with van der Waals surface area (Å²) >= 11 is 0. The number of aliphatic carboxylic acids is 1. The van der Waals surface area contributed by atoms with Gasteiger partial charge < -0.3 is 15.4 Å². The number of nitrogens with zero attached hydrogens (tertiary/aromatic N) is 1. The highest BCUT2D eigenvalue weighted by Gasteiger charge is 2.37. The fraction of sp³-hybridized carbons (Fsp3) is 0.615. The number of carbonyl (C=O) groups is 2. The zero-order chi connectivity index (χ0) is 13.7. The van der Waals surface area contributed by atoms with Gasteiger partial charge >= 0.3 is 5.97 Å². The average Bonchev–Trinajstić information content (AvgIpc) is 3.04. The molecule has 0 aromatic carbocycles. The predicted octanol–water partition coefficient (Wildman–Crippen LogP) is 0.959. The molecule has 1 fully saturated rings. The van der Waals surface area contributed by atoms with Crippen LogP contribution in [0.1, 0.15) is 31.5 Å². The standard InChI is InChI=1S/C13H19N3O3/c17-12(9-3-1-4-10(9)13(18)19)16-6-2-5-11-14-7-8-15-11/h7-10H,1-6H2,(H,14,15)(H,16,17)(H,18,19)/t9-,10+/m1/s1. The molecule has 2 atom stereocenters. The van der Waals surface area contributed by atoms with Gasteiger partial charge in [0.25, 0.3) is 0 Å². The third-order valence-electron chi connectivity index (χ3n) is 3.61. The first-order chi connectivity index (χ1) is 9.18. The lowest BCUT2D eigenvalue weighted by Gasteiger charge is -2.15. The average molecular weight is 265 g/mol. The highest BCUT2D eigenvalue weighted by molar-refractivity contribution is 5.85. The molecular formula is C13H19N3O3. The Labute approximate surface area is 111 Å². The lowest BCUT2D eigenvalue weighted by Crippen LogP contribution is -2.35. The minimum absolute atomic E-state index is 0.121. The van der Waals surface area contributed by atoms with Gasteiger partial charge in [-0.05, 0) is 19.3 Å². The molecule has 0 radical (unpaired) electrons. The molecule has 1 saturated carbocycles. The van der Waals surface area contributed by atoms with Gasteiger partial charge in [-0.15, -0.1) is 0 Å². The number of carbonyl (C=O) groups excluding carboxylic acids is 1. The topological polar surface area (TPSA) is 95.1 Å². The molecule has 6 nitrogen and oxygen atoms in total. The fourth-order valence-corrected chi connectivity index (χ4v) is 2.60. The van der Waals surface area contributed by atoms with Gasteiger partial charge in [-0.1, -0.05) is 6.42 Å². The third-order valence-corrected chi connectivity index (χ3v) is 3.61. The second-order valence-corrected chi connectivity index (χ2v) is 4.91. The Hall–Kier alpha value is -1.85. The highest BCUT2D eigenvalue weighted by atomic mass is 16.4. The van der Waals surface area contributed by atoms with E-state index < -0.39 is 11.9 Å². The maximum Gasteiger partial charge on any atom is 0.307 e. The van der Waals surface area contributed by atoms with Crippen molar-refractivity contribution in [3.63, 3.8) is 0 Å². The third kappa shape index (κ3) is 3.56. The summed E-state index contributed by atoms with van der Waals surface area (Å²) in [4.78, 5) is 30.0. The van der Waals surface area contributed by atoms with Crippen LogP contribution >= 0.6 is 0 Å². The van der Waals surface area contributed by atoms with E-state index in [9.17, 15) is 9.59 Å². The Bertz CT molecular complexity index is 430. The van der Waals surface area contributed by atoms with Crippen LogP contribution in [-0.2, 0) is 16.0 Å². The van der Waals surface area contributed by atoms with Gasteiger partial charge in [-0.3, -0.25) is 9.59 Å². The van der Waals surface area contributed by atoms with Gasteiger partial charge in [0.15, 0.2) is 0 Å².